The van der Waals surface area contributed by atoms with Gasteiger partial charge in [-0.05, 0) is 25.1 Å². The molecule has 0 aliphatic heterocycles. The molecule has 0 atom stereocenters. The summed E-state index contributed by atoms with van der Waals surface area (Å²) in [7, 11) is 1.48. The fraction of sp³-hybridized carbons (Fsp3) is 0.200. The van der Waals surface area contributed by atoms with Gasteiger partial charge in [-0.2, -0.15) is 5.26 Å². The molecule has 0 radical (unpaired) electrons. The number of ether oxygens (including phenoxy) is 1. The van der Waals surface area contributed by atoms with Crippen molar-refractivity contribution in [1.29, 1.82) is 5.26 Å². The molecule has 3 nitrogen and oxygen atoms in total. The number of nitriles is 1. The van der Waals surface area contributed by atoms with Crippen molar-refractivity contribution in [2.45, 2.75) is 6.92 Å². The van der Waals surface area contributed by atoms with E-state index in [0.717, 1.165) is 0 Å². The van der Waals surface area contributed by atoms with E-state index in [-0.39, 0.29) is 5.78 Å². The predicted molar refractivity (Wildman–Crippen MR) is 47.7 cm³/mol. The molecule has 1 rings (SSSR count). The van der Waals surface area contributed by atoms with E-state index in [1.165, 1.54) is 14.0 Å². The molecule has 0 saturated carbocycles. The van der Waals surface area contributed by atoms with Crippen molar-refractivity contribution in [2.24, 2.45) is 0 Å². The number of Topliss-reactive ketones (excluding diaryl/α,β-unsaturated/α-hetero) is 1. The first-order valence-corrected chi connectivity index (χ1v) is 3.78. The summed E-state index contributed by atoms with van der Waals surface area (Å²) in [6.07, 6.45) is 0. The first-order valence-electron chi connectivity index (χ1n) is 3.78. The van der Waals surface area contributed by atoms with Crippen LogP contribution in [0.25, 0.3) is 0 Å². The minimum absolute atomic E-state index is 0.0682. The lowest BCUT2D eigenvalue weighted by Crippen LogP contribution is -1.97. The van der Waals surface area contributed by atoms with Crippen molar-refractivity contribution in [3.05, 3.63) is 29.3 Å². The molecular weight excluding hydrogens is 166 g/mol. The highest BCUT2D eigenvalue weighted by molar-refractivity contribution is 5.96. The molecule has 0 spiro atoms. The minimum atomic E-state index is -0.0682. The topological polar surface area (TPSA) is 50.1 Å². The summed E-state index contributed by atoms with van der Waals surface area (Å²) >= 11 is 0. The largest absolute Gasteiger partial charge is 0.496 e. The SMILES string of the molecule is COc1cc(C#N)ccc1C(C)=O. The molecule has 0 unspecified atom stereocenters. The monoisotopic (exact) mass is 175 g/mol. The molecule has 0 aromatic heterocycles. The van der Waals surface area contributed by atoms with Crippen molar-refractivity contribution in [2.75, 3.05) is 7.11 Å². The van der Waals surface area contributed by atoms with Crippen LogP contribution in [0.2, 0.25) is 0 Å². The second-order valence-corrected chi connectivity index (χ2v) is 2.58. The highest BCUT2D eigenvalue weighted by Gasteiger charge is 2.07. The molecule has 3 heteroatoms. The quantitative estimate of drug-likeness (QED) is 0.643. The number of carbonyl (C=O) groups is 1. The summed E-state index contributed by atoms with van der Waals surface area (Å²) in [4.78, 5) is 11.1. The van der Waals surface area contributed by atoms with Gasteiger partial charge in [-0.25, -0.2) is 0 Å². The minimum Gasteiger partial charge on any atom is -0.496 e. The Bertz CT molecular complexity index is 377. The smallest absolute Gasteiger partial charge is 0.163 e. The first kappa shape index (κ1) is 9.27. The number of nitrogens with zero attached hydrogens (tertiary/aromatic N) is 1. The van der Waals surface area contributed by atoms with Crippen LogP contribution < -0.4 is 4.74 Å². The van der Waals surface area contributed by atoms with Gasteiger partial charge in [0.15, 0.2) is 5.78 Å². The molecule has 0 fully saturated rings. The molecule has 0 N–H and O–H groups in total. The number of methoxy groups -OCH3 is 1. The van der Waals surface area contributed by atoms with Crippen molar-refractivity contribution in [3.63, 3.8) is 0 Å². The zero-order valence-electron chi connectivity index (χ0n) is 7.50. The van der Waals surface area contributed by atoms with Gasteiger partial charge in [-0.1, -0.05) is 0 Å². The lowest BCUT2D eigenvalue weighted by atomic mass is 10.1. The van der Waals surface area contributed by atoms with Crippen LogP contribution in [-0.4, -0.2) is 12.9 Å². The number of hydrogen-bond acceptors (Lipinski definition) is 3. The Kier molecular flexibility index (Phi) is 2.65. The van der Waals surface area contributed by atoms with Crippen molar-refractivity contribution >= 4 is 5.78 Å². The summed E-state index contributed by atoms with van der Waals surface area (Å²) < 4.78 is 4.98. The third-order valence-corrected chi connectivity index (χ3v) is 1.71. The molecule has 0 aliphatic carbocycles. The number of rotatable bonds is 2. The first-order chi connectivity index (χ1) is 6.19. The third-order valence-electron chi connectivity index (χ3n) is 1.71. The van der Waals surface area contributed by atoms with Crippen LogP contribution in [0.1, 0.15) is 22.8 Å². The van der Waals surface area contributed by atoms with Gasteiger partial charge in [0.25, 0.3) is 0 Å². The van der Waals surface area contributed by atoms with Crippen LogP contribution in [0.5, 0.6) is 5.75 Å². The average molecular weight is 175 g/mol. The number of hydrogen-bond donors (Lipinski definition) is 0. The highest BCUT2D eigenvalue weighted by Crippen LogP contribution is 2.19. The average Bonchev–Trinajstić information content (AvgIpc) is 2.16. The normalized spacial score (nSPS) is 9.00. The number of benzene rings is 1. The zero-order valence-corrected chi connectivity index (χ0v) is 7.50. The van der Waals surface area contributed by atoms with Crippen LogP contribution >= 0.6 is 0 Å². The van der Waals surface area contributed by atoms with Crippen LogP contribution in [0.4, 0.5) is 0 Å². The molecule has 1 aromatic carbocycles. The molecular formula is C10H9NO2. The van der Waals surface area contributed by atoms with E-state index >= 15 is 0 Å². The van der Waals surface area contributed by atoms with E-state index in [1.54, 1.807) is 18.2 Å². The number of carbonyl (C=O) groups excluding carboxylic acids is 1. The van der Waals surface area contributed by atoms with E-state index in [0.29, 0.717) is 16.9 Å². The van der Waals surface area contributed by atoms with Crippen LogP contribution in [0.3, 0.4) is 0 Å². The summed E-state index contributed by atoms with van der Waals surface area (Å²) in [5, 5.41) is 8.60. The van der Waals surface area contributed by atoms with Crippen LogP contribution in [-0.2, 0) is 0 Å². The Hall–Kier alpha value is -1.82. The zero-order chi connectivity index (χ0) is 9.84. The maximum atomic E-state index is 11.1. The number of ketones is 1. The fourth-order valence-corrected chi connectivity index (χ4v) is 1.05. The van der Waals surface area contributed by atoms with E-state index < -0.39 is 0 Å². The molecule has 0 bridgehead atoms. The highest BCUT2D eigenvalue weighted by atomic mass is 16.5. The Morgan fingerprint density at radius 2 is 2.23 bits per heavy atom. The Morgan fingerprint density at radius 3 is 2.69 bits per heavy atom. The van der Waals surface area contributed by atoms with Crippen LogP contribution in [0.15, 0.2) is 18.2 Å². The van der Waals surface area contributed by atoms with Crippen molar-refractivity contribution < 1.29 is 9.53 Å². The molecule has 66 valence electrons. The second-order valence-electron chi connectivity index (χ2n) is 2.58. The van der Waals surface area contributed by atoms with E-state index in [4.69, 9.17) is 10.00 Å². The van der Waals surface area contributed by atoms with Gasteiger partial charge in [-0.3, -0.25) is 4.79 Å². The van der Waals surface area contributed by atoms with Crippen LogP contribution in [0, 0.1) is 11.3 Å². The molecule has 1 aromatic rings. The third kappa shape index (κ3) is 1.85. The Morgan fingerprint density at radius 1 is 1.54 bits per heavy atom. The van der Waals surface area contributed by atoms with Crippen molar-refractivity contribution in [1.82, 2.24) is 0 Å². The molecule has 0 amide bonds. The molecule has 0 heterocycles. The fourth-order valence-electron chi connectivity index (χ4n) is 1.05. The van der Waals surface area contributed by atoms with E-state index in [1.807, 2.05) is 6.07 Å². The molecule has 0 saturated heterocycles. The van der Waals surface area contributed by atoms with Gasteiger partial charge < -0.3 is 4.74 Å². The van der Waals surface area contributed by atoms with Gasteiger partial charge in [0.2, 0.25) is 0 Å². The second kappa shape index (κ2) is 3.72. The summed E-state index contributed by atoms with van der Waals surface area (Å²) in [5.41, 5.74) is 0.989. The molecule has 0 aliphatic rings. The standard InChI is InChI=1S/C10H9NO2/c1-7(12)9-4-3-8(6-11)5-10(9)13-2/h3-5H,1-2H3. The Labute approximate surface area is 76.6 Å². The van der Waals surface area contributed by atoms with Gasteiger partial charge in [0, 0.05) is 0 Å². The van der Waals surface area contributed by atoms with Crippen molar-refractivity contribution in [3.8, 4) is 11.8 Å². The van der Waals surface area contributed by atoms with Gasteiger partial charge in [0.1, 0.15) is 5.75 Å². The predicted octanol–water partition coefficient (Wildman–Crippen LogP) is 1.77. The van der Waals surface area contributed by atoms with Gasteiger partial charge >= 0.3 is 0 Å². The maximum Gasteiger partial charge on any atom is 0.163 e. The van der Waals surface area contributed by atoms with E-state index in [2.05, 4.69) is 0 Å². The Balaban J connectivity index is 3.25. The lowest BCUT2D eigenvalue weighted by molar-refractivity contribution is 0.101. The lowest BCUT2D eigenvalue weighted by Gasteiger charge is -2.04. The maximum absolute atomic E-state index is 11.1. The molecule has 13 heavy (non-hydrogen) atoms. The summed E-state index contributed by atoms with van der Waals surface area (Å²) in [5.74, 6) is 0.382. The van der Waals surface area contributed by atoms with E-state index in [9.17, 15) is 4.79 Å². The van der Waals surface area contributed by atoms with Gasteiger partial charge in [0.05, 0.1) is 24.3 Å². The van der Waals surface area contributed by atoms with Gasteiger partial charge in [-0.15, -0.1) is 0 Å². The summed E-state index contributed by atoms with van der Waals surface area (Å²) in [6.45, 7) is 1.46. The summed E-state index contributed by atoms with van der Waals surface area (Å²) in [6, 6.07) is 6.72.